The third kappa shape index (κ3) is 4.13. The minimum atomic E-state index is -0.996. The van der Waals surface area contributed by atoms with E-state index in [1.54, 1.807) is 13.8 Å². The molecule has 0 bridgehead atoms. The Morgan fingerprint density at radius 1 is 1.37 bits per heavy atom. The van der Waals surface area contributed by atoms with Crippen LogP contribution >= 0.6 is 0 Å². The van der Waals surface area contributed by atoms with Gasteiger partial charge < -0.3 is 15.5 Å². The van der Waals surface area contributed by atoms with Gasteiger partial charge in [-0.15, -0.1) is 0 Å². The van der Waals surface area contributed by atoms with Crippen molar-refractivity contribution >= 4 is 11.9 Å². The third-order valence-electron chi connectivity index (χ3n) is 2.70. The van der Waals surface area contributed by atoms with Gasteiger partial charge in [0.2, 0.25) is 0 Å². The normalized spacial score (nSPS) is 12.2. The van der Waals surface area contributed by atoms with E-state index in [0.717, 1.165) is 12.1 Å². The van der Waals surface area contributed by atoms with Crippen LogP contribution in [-0.2, 0) is 4.79 Å². The van der Waals surface area contributed by atoms with Crippen LogP contribution in [0.25, 0.3) is 0 Å². The molecule has 104 valence electrons. The Hall–Kier alpha value is -2.31. The summed E-state index contributed by atoms with van der Waals surface area (Å²) in [4.78, 5) is 35.9. The monoisotopic (exact) mass is 268 g/mol. The molecule has 1 unspecified atom stereocenters. The molecule has 0 aromatic carbocycles. The van der Waals surface area contributed by atoms with E-state index in [1.165, 1.54) is 0 Å². The summed E-state index contributed by atoms with van der Waals surface area (Å²) in [6.07, 6.45) is 0. The fraction of sp³-hybridized carbons (Fsp3) is 0.417. The molecule has 1 aromatic rings. The number of carboxylic acid groups (broad SMARTS) is 1. The van der Waals surface area contributed by atoms with Crippen molar-refractivity contribution in [1.82, 2.24) is 10.3 Å². The molecule has 4 N–H and O–H groups in total. The van der Waals surface area contributed by atoms with Gasteiger partial charge in [-0.25, -0.2) is 0 Å². The zero-order chi connectivity index (χ0) is 14.6. The first-order valence-electron chi connectivity index (χ1n) is 5.75. The zero-order valence-corrected chi connectivity index (χ0v) is 10.6. The molecule has 0 fully saturated rings. The quantitative estimate of drug-likeness (QED) is 0.606. The van der Waals surface area contributed by atoms with E-state index in [0.29, 0.717) is 0 Å². The molecule has 7 nitrogen and oxygen atoms in total. The Kier molecular flexibility index (Phi) is 4.68. The molecule has 1 amide bonds. The molecule has 0 saturated heterocycles. The van der Waals surface area contributed by atoms with Gasteiger partial charge in [0.05, 0.1) is 11.5 Å². The summed E-state index contributed by atoms with van der Waals surface area (Å²) in [7, 11) is 0. The van der Waals surface area contributed by atoms with Crippen molar-refractivity contribution in [3.63, 3.8) is 0 Å². The van der Waals surface area contributed by atoms with Gasteiger partial charge >= 0.3 is 5.97 Å². The van der Waals surface area contributed by atoms with E-state index < -0.39 is 29.2 Å². The van der Waals surface area contributed by atoms with Crippen molar-refractivity contribution in [2.45, 2.75) is 13.8 Å². The number of carbonyl (C=O) groups excluding carboxylic acids is 1. The lowest BCUT2D eigenvalue weighted by molar-refractivity contribution is -0.142. The highest BCUT2D eigenvalue weighted by Gasteiger charge is 2.22. The molecule has 0 saturated carbocycles. The van der Waals surface area contributed by atoms with Gasteiger partial charge in [0.25, 0.3) is 11.5 Å². The minimum absolute atomic E-state index is 0.0193. The highest BCUT2D eigenvalue weighted by molar-refractivity contribution is 5.94. The fourth-order valence-corrected chi connectivity index (χ4v) is 1.57. The second-order valence-corrected chi connectivity index (χ2v) is 4.52. The molecule has 19 heavy (non-hydrogen) atoms. The lowest BCUT2D eigenvalue weighted by Crippen LogP contribution is -2.35. The Bertz CT molecular complexity index is 535. The fourth-order valence-electron chi connectivity index (χ4n) is 1.57. The predicted octanol–water partition coefficient (Wildman–Crippen LogP) is 0.167. The molecule has 1 heterocycles. The van der Waals surface area contributed by atoms with E-state index in [2.05, 4.69) is 10.3 Å². The zero-order valence-electron chi connectivity index (χ0n) is 10.6. The van der Waals surface area contributed by atoms with Crippen LogP contribution in [0.5, 0.6) is 5.88 Å². The maximum absolute atomic E-state index is 11.7. The summed E-state index contributed by atoms with van der Waals surface area (Å²) in [5.41, 5.74) is -0.627. The van der Waals surface area contributed by atoms with Gasteiger partial charge in [-0.05, 0) is 5.92 Å². The van der Waals surface area contributed by atoms with Crippen molar-refractivity contribution in [1.29, 1.82) is 0 Å². The number of H-pyrrole nitrogens is 1. The van der Waals surface area contributed by atoms with Crippen LogP contribution in [0.4, 0.5) is 0 Å². The number of amides is 1. The molecule has 0 spiro atoms. The maximum Gasteiger partial charge on any atom is 0.308 e. The lowest BCUT2D eigenvalue weighted by Gasteiger charge is -2.16. The number of carbonyl (C=O) groups is 2. The summed E-state index contributed by atoms with van der Waals surface area (Å²) in [6.45, 7) is 3.44. The number of nitrogens with one attached hydrogen (secondary N) is 2. The molecule has 1 aromatic heterocycles. The van der Waals surface area contributed by atoms with Gasteiger partial charge in [0.15, 0.2) is 5.88 Å². The summed E-state index contributed by atoms with van der Waals surface area (Å²) < 4.78 is 0. The van der Waals surface area contributed by atoms with Crippen LogP contribution in [0.3, 0.4) is 0 Å². The molecule has 1 atom stereocenters. The van der Waals surface area contributed by atoms with E-state index in [9.17, 15) is 14.4 Å². The van der Waals surface area contributed by atoms with Gasteiger partial charge in [-0.3, -0.25) is 19.4 Å². The molecule has 7 heteroatoms. The Morgan fingerprint density at radius 2 is 2.00 bits per heavy atom. The average molecular weight is 268 g/mol. The van der Waals surface area contributed by atoms with Crippen LogP contribution in [-0.4, -0.2) is 33.6 Å². The molecule has 1 rings (SSSR count). The maximum atomic E-state index is 11.7. The topological polar surface area (TPSA) is 119 Å². The number of hydrogen-bond donors (Lipinski definition) is 4. The Balaban J connectivity index is 2.74. The van der Waals surface area contributed by atoms with Crippen LogP contribution in [0.1, 0.15) is 24.2 Å². The standard InChI is InChI=1S/C12H16N2O5/c1-6(2)8(12(18)19)5-13-11(17)7-3-9(15)14-10(16)4-7/h3-4,6,8H,5H2,1-2H3,(H,13,17)(H,18,19)(H2,14,15,16). The van der Waals surface area contributed by atoms with Gasteiger partial charge in [0.1, 0.15) is 0 Å². The molecule has 0 aliphatic rings. The number of aromatic hydroxyl groups is 1. The summed E-state index contributed by atoms with van der Waals surface area (Å²) in [5, 5.41) is 20.6. The minimum Gasteiger partial charge on any atom is -0.494 e. The van der Waals surface area contributed by atoms with Crippen molar-refractivity contribution in [2.24, 2.45) is 11.8 Å². The van der Waals surface area contributed by atoms with Crippen molar-refractivity contribution in [3.8, 4) is 5.88 Å². The number of rotatable bonds is 5. The molecule has 0 radical (unpaired) electrons. The molecular formula is C12H16N2O5. The predicted molar refractivity (Wildman–Crippen MR) is 67.0 cm³/mol. The summed E-state index contributed by atoms with van der Waals surface area (Å²) in [6, 6.07) is 2.13. The van der Waals surface area contributed by atoms with E-state index in [4.69, 9.17) is 10.2 Å². The molecule has 0 aliphatic carbocycles. The Morgan fingerprint density at radius 3 is 2.47 bits per heavy atom. The molecular weight excluding hydrogens is 252 g/mol. The number of aliphatic carboxylic acids is 1. The SMILES string of the molecule is CC(C)C(CNC(=O)c1cc(O)[nH]c(=O)c1)C(=O)O. The smallest absolute Gasteiger partial charge is 0.308 e. The number of pyridine rings is 1. The lowest BCUT2D eigenvalue weighted by atomic mass is 9.96. The van der Waals surface area contributed by atoms with E-state index in [-0.39, 0.29) is 18.0 Å². The highest BCUT2D eigenvalue weighted by atomic mass is 16.4. The first-order valence-corrected chi connectivity index (χ1v) is 5.75. The van der Waals surface area contributed by atoms with Gasteiger partial charge in [-0.2, -0.15) is 0 Å². The van der Waals surface area contributed by atoms with Gasteiger partial charge in [-0.1, -0.05) is 13.8 Å². The largest absolute Gasteiger partial charge is 0.494 e. The highest BCUT2D eigenvalue weighted by Crippen LogP contribution is 2.10. The third-order valence-corrected chi connectivity index (χ3v) is 2.70. The number of hydrogen-bond acceptors (Lipinski definition) is 4. The van der Waals surface area contributed by atoms with E-state index in [1.807, 2.05) is 0 Å². The van der Waals surface area contributed by atoms with Crippen molar-refractivity contribution in [3.05, 3.63) is 28.0 Å². The second-order valence-electron chi connectivity index (χ2n) is 4.52. The Labute approximate surface area is 109 Å². The number of carboxylic acids is 1. The summed E-state index contributed by atoms with van der Waals surface area (Å²) in [5.74, 6) is -2.86. The van der Waals surface area contributed by atoms with Crippen LogP contribution in [0.15, 0.2) is 16.9 Å². The number of aromatic amines is 1. The van der Waals surface area contributed by atoms with Crippen LogP contribution in [0.2, 0.25) is 0 Å². The second kappa shape index (κ2) is 6.03. The van der Waals surface area contributed by atoms with Crippen molar-refractivity contribution < 1.29 is 19.8 Å². The van der Waals surface area contributed by atoms with E-state index >= 15 is 0 Å². The van der Waals surface area contributed by atoms with Gasteiger partial charge in [0, 0.05) is 18.7 Å². The van der Waals surface area contributed by atoms with Crippen molar-refractivity contribution in [2.75, 3.05) is 6.54 Å². The number of aromatic nitrogens is 1. The van der Waals surface area contributed by atoms with Crippen LogP contribution < -0.4 is 10.9 Å². The first kappa shape index (κ1) is 14.7. The average Bonchev–Trinajstić information content (AvgIpc) is 2.26. The molecule has 0 aliphatic heterocycles. The first-order chi connectivity index (χ1) is 8.81. The van der Waals surface area contributed by atoms with Crippen LogP contribution in [0, 0.1) is 11.8 Å². The summed E-state index contributed by atoms with van der Waals surface area (Å²) >= 11 is 0.